The maximum absolute atomic E-state index is 13.7. The normalized spacial score (nSPS) is 15.1. The molecule has 1 N–H and O–H groups in total. The summed E-state index contributed by atoms with van der Waals surface area (Å²) in [6.07, 6.45) is 2.22. The summed E-state index contributed by atoms with van der Waals surface area (Å²) in [4.78, 5) is 4.48. The van der Waals surface area contributed by atoms with Gasteiger partial charge in [-0.2, -0.15) is 0 Å². The maximum Gasteiger partial charge on any atom is 0.124 e. The molecule has 3 aromatic rings. The second kappa shape index (κ2) is 8.67. The van der Waals surface area contributed by atoms with E-state index in [-0.39, 0.29) is 11.9 Å². The second-order valence-corrected chi connectivity index (χ2v) is 7.27. The fourth-order valence-corrected chi connectivity index (χ4v) is 3.56. The van der Waals surface area contributed by atoms with E-state index in [9.17, 15) is 4.39 Å². The lowest BCUT2D eigenvalue weighted by molar-refractivity contribution is -0.0390. The number of anilines is 1. The van der Waals surface area contributed by atoms with Crippen LogP contribution in [-0.4, -0.2) is 24.3 Å². The first kappa shape index (κ1) is 18.8. The van der Waals surface area contributed by atoms with Crippen LogP contribution < -0.4 is 5.32 Å². The van der Waals surface area contributed by atoms with Gasteiger partial charge in [-0.1, -0.05) is 24.3 Å². The summed E-state index contributed by atoms with van der Waals surface area (Å²) in [5.41, 5.74) is 4.91. The van der Waals surface area contributed by atoms with Gasteiger partial charge in [0.15, 0.2) is 0 Å². The molecule has 0 amide bonds. The average molecular weight is 380 g/mol. The van der Waals surface area contributed by atoms with Crippen LogP contribution in [0, 0.1) is 12.7 Å². The summed E-state index contributed by atoms with van der Waals surface area (Å²) in [5, 5.41) is 4.24. The van der Waals surface area contributed by atoms with Gasteiger partial charge in [0.25, 0.3) is 0 Å². The minimum absolute atomic E-state index is 0.256. The highest BCUT2D eigenvalue weighted by atomic mass is 19.1. The van der Waals surface area contributed by atoms with E-state index in [0.29, 0.717) is 13.2 Å². The number of halogens is 1. The lowest BCUT2D eigenvalue weighted by atomic mass is 10.1. The van der Waals surface area contributed by atoms with Gasteiger partial charge < -0.3 is 14.8 Å². The highest BCUT2D eigenvalue weighted by Crippen LogP contribution is 2.25. The quantitative estimate of drug-likeness (QED) is 0.654. The molecule has 1 aliphatic rings. The Kier molecular flexibility index (Phi) is 5.84. The van der Waals surface area contributed by atoms with E-state index in [2.05, 4.69) is 34.6 Å². The van der Waals surface area contributed by atoms with Gasteiger partial charge in [-0.3, -0.25) is 4.98 Å². The molecule has 1 aliphatic heterocycles. The number of benzene rings is 2. The van der Waals surface area contributed by atoms with Gasteiger partial charge in [-0.25, -0.2) is 4.39 Å². The molecule has 2 heterocycles. The predicted molar refractivity (Wildman–Crippen MR) is 109 cm³/mol. The summed E-state index contributed by atoms with van der Waals surface area (Å²) in [5.74, 6) is -0.256. The lowest BCUT2D eigenvalue weighted by Gasteiger charge is -2.22. The third-order valence-corrected chi connectivity index (χ3v) is 5.03. The molecule has 0 spiro atoms. The number of rotatable bonds is 6. The summed E-state index contributed by atoms with van der Waals surface area (Å²) < 4.78 is 25.1. The van der Waals surface area contributed by atoms with Crippen LogP contribution in [0.15, 0.2) is 48.5 Å². The van der Waals surface area contributed by atoms with Crippen molar-refractivity contribution in [3.8, 4) is 0 Å². The maximum atomic E-state index is 13.7. The Balaban J connectivity index is 1.44. The van der Waals surface area contributed by atoms with Gasteiger partial charge in [0.1, 0.15) is 5.82 Å². The van der Waals surface area contributed by atoms with Crippen molar-refractivity contribution in [2.45, 2.75) is 39.0 Å². The molecule has 0 radical (unpaired) electrons. The van der Waals surface area contributed by atoms with Gasteiger partial charge in [0, 0.05) is 36.5 Å². The number of pyridine rings is 1. The molecule has 28 heavy (non-hydrogen) atoms. The second-order valence-electron chi connectivity index (χ2n) is 7.27. The van der Waals surface area contributed by atoms with Crippen molar-refractivity contribution in [1.82, 2.24) is 4.98 Å². The van der Waals surface area contributed by atoms with Gasteiger partial charge in [-0.05, 0) is 55.2 Å². The number of nitrogens with zero attached hydrogens (tertiary/aromatic N) is 1. The molecule has 0 aliphatic carbocycles. The van der Waals surface area contributed by atoms with E-state index < -0.39 is 0 Å². The SMILES string of the molecule is Cc1cc(NCc2cccc(COC3CCOCC3)c2)c2cc(F)ccc2n1. The molecular weight excluding hydrogens is 355 g/mol. The van der Waals surface area contributed by atoms with Crippen molar-refractivity contribution >= 4 is 16.6 Å². The Morgan fingerprint density at radius 1 is 1.11 bits per heavy atom. The minimum Gasteiger partial charge on any atom is -0.381 e. The number of nitrogens with one attached hydrogen (secondary N) is 1. The van der Waals surface area contributed by atoms with Gasteiger partial charge >= 0.3 is 0 Å². The van der Waals surface area contributed by atoms with Crippen molar-refractivity contribution < 1.29 is 13.9 Å². The Labute approximate surface area is 164 Å². The zero-order chi connectivity index (χ0) is 19.3. The number of hydrogen-bond donors (Lipinski definition) is 1. The Morgan fingerprint density at radius 3 is 2.79 bits per heavy atom. The first-order valence-electron chi connectivity index (χ1n) is 9.75. The van der Waals surface area contributed by atoms with Gasteiger partial charge in [-0.15, -0.1) is 0 Å². The van der Waals surface area contributed by atoms with Gasteiger partial charge in [0.2, 0.25) is 0 Å². The predicted octanol–water partition coefficient (Wildman–Crippen LogP) is 4.99. The largest absolute Gasteiger partial charge is 0.381 e. The van der Waals surface area contributed by atoms with E-state index in [0.717, 1.165) is 59.5 Å². The van der Waals surface area contributed by atoms with Crippen LogP contribution in [0.3, 0.4) is 0 Å². The first-order chi connectivity index (χ1) is 13.7. The van der Waals surface area contributed by atoms with Crippen LogP contribution in [0.5, 0.6) is 0 Å². The van der Waals surface area contributed by atoms with Crippen LogP contribution in [0.4, 0.5) is 10.1 Å². The molecule has 1 saturated heterocycles. The fraction of sp³-hybridized carbons (Fsp3) is 0.348. The smallest absolute Gasteiger partial charge is 0.124 e. The average Bonchev–Trinajstić information content (AvgIpc) is 2.72. The van der Waals surface area contributed by atoms with Crippen LogP contribution in [-0.2, 0) is 22.6 Å². The topological polar surface area (TPSA) is 43.4 Å². The third-order valence-electron chi connectivity index (χ3n) is 5.03. The van der Waals surface area contributed by atoms with Crippen LogP contribution in [0.1, 0.15) is 29.7 Å². The molecule has 1 fully saturated rings. The number of fused-ring (bicyclic) bond motifs is 1. The van der Waals surface area contributed by atoms with E-state index >= 15 is 0 Å². The van der Waals surface area contributed by atoms with E-state index in [1.54, 1.807) is 6.07 Å². The third kappa shape index (κ3) is 4.66. The number of aromatic nitrogens is 1. The van der Waals surface area contributed by atoms with Crippen LogP contribution >= 0.6 is 0 Å². The number of hydrogen-bond acceptors (Lipinski definition) is 4. The van der Waals surface area contributed by atoms with Crippen molar-refractivity contribution in [3.05, 3.63) is 71.2 Å². The summed E-state index contributed by atoms with van der Waals surface area (Å²) in [6.45, 7) is 4.78. The minimum atomic E-state index is -0.256. The van der Waals surface area contributed by atoms with Gasteiger partial charge in [0.05, 0.1) is 18.2 Å². The molecular formula is C23H25FN2O2. The highest BCUT2D eigenvalue weighted by Gasteiger charge is 2.14. The number of aryl methyl sites for hydroxylation is 1. The molecule has 0 saturated carbocycles. The zero-order valence-corrected chi connectivity index (χ0v) is 16.1. The highest BCUT2D eigenvalue weighted by molar-refractivity contribution is 5.91. The molecule has 0 atom stereocenters. The molecule has 4 nitrogen and oxygen atoms in total. The molecule has 1 aromatic heterocycles. The molecule has 5 heteroatoms. The summed E-state index contributed by atoms with van der Waals surface area (Å²) >= 11 is 0. The zero-order valence-electron chi connectivity index (χ0n) is 16.1. The number of ether oxygens (including phenoxy) is 2. The standard InChI is InChI=1S/C23H25FN2O2/c1-16-11-23(21-13-19(24)5-6-22(21)26-16)25-14-17-3-2-4-18(12-17)15-28-20-7-9-27-10-8-20/h2-6,11-13,20H,7-10,14-15H2,1H3,(H,25,26). The molecule has 0 bridgehead atoms. The summed E-state index contributed by atoms with van der Waals surface area (Å²) in [6, 6.07) is 15.0. The van der Waals surface area contributed by atoms with E-state index in [1.165, 1.54) is 12.1 Å². The fourth-order valence-electron chi connectivity index (χ4n) is 3.56. The Bertz CT molecular complexity index is 954. The Morgan fingerprint density at radius 2 is 1.93 bits per heavy atom. The van der Waals surface area contributed by atoms with E-state index in [1.807, 2.05) is 13.0 Å². The Hall–Kier alpha value is -2.50. The molecule has 4 rings (SSSR count). The van der Waals surface area contributed by atoms with Crippen molar-refractivity contribution in [3.63, 3.8) is 0 Å². The van der Waals surface area contributed by atoms with Crippen LogP contribution in [0.2, 0.25) is 0 Å². The first-order valence-corrected chi connectivity index (χ1v) is 9.75. The molecule has 2 aromatic carbocycles. The summed E-state index contributed by atoms with van der Waals surface area (Å²) in [7, 11) is 0. The van der Waals surface area contributed by atoms with Crippen LogP contribution in [0.25, 0.3) is 10.9 Å². The van der Waals surface area contributed by atoms with Crippen molar-refractivity contribution in [2.75, 3.05) is 18.5 Å². The van der Waals surface area contributed by atoms with Crippen molar-refractivity contribution in [2.24, 2.45) is 0 Å². The molecule has 0 unspecified atom stereocenters. The van der Waals surface area contributed by atoms with Crippen molar-refractivity contribution in [1.29, 1.82) is 0 Å². The molecule has 146 valence electrons. The lowest BCUT2D eigenvalue weighted by Crippen LogP contribution is -2.23. The monoisotopic (exact) mass is 380 g/mol. The van der Waals surface area contributed by atoms with E-state index in [4.69, 9.17) is 9.47 Å².